The fourth-order valence-corrected chi connectivity index (χ4v) is 4.68. The number of phenolic OH excluding ortho intramolecular Hbond substituents is 1. The summed E-state index contributed by atoms with van der Waals surface area (Å²) >= 11 is 0. The number of rotatable bonds is 9. The molecule has 1 aliphatic rings. The van der Waals surface area contributed by atoms with Gasteiger partial charge in [0, 0.05) is 43.8 Å². The van der Waals surface area contributed by atoms with Crippen molar-refractivity contribution in [1.82, 2.24) is 10.3 Å². The van der Waals surface area contributed by atoms with Gasteiger partial charge in [0.1, 0.15) is 5.82 Å². The summed E-state index contributed by atoms with van der Waals surface area (Å²) < 4.78 is 5.49. The fraction of sp³-hybridized carbons (Fsp3) is 0.444. The molecule has 4 rings (SSSR count). The van der Waals surface area contributed by atoms with Crippen LogP contribution >= 0.6 is 0 Å². The van der Waals surface area contributed by atoms with E-state index in [1.54, 1.807) is 6.07 Å². The van der Waals surface area contributed by atoms with E-state index in [0.717, 1.165) is 42.8 Å². The van der Waals surface area contributed by atoms with E-state index in [0.29, 0.717) is 24.3 Å². The Morgan fingerprint density at radius 3 is 2.61 bits per heavy atom. The second-order valence-electron chi connectivity index (χ2n) is 9.17. The molecule has 1 saturated carbocycles. The zero-order chi connectivity index (χ0) is 23.2. The topological polar surface area (TPSA) is 69.7 Å². The van der Waals surface area contributed by atoms with E-state index < -0.39 is 0 Å². The molecule has 1 aliphatic carbocycles. The number of phenols is 1. The van der Waals surface area contributed by atoms with Crippen LogP contribution in [-0.2, 0) is 6.54 Å². The number of benzene rings is 2. The lowest BCUT2D eigenvalue weighted by Crippen LogP contribution is -2.31. The number of nitrogens with zero attached hydrogens (tertiary/aromatic N) is 2. The first kappa shape index (κ1) is 23.2. The fourth-order valence-electron chi connectivity index (χ4n) is 4.68. The lowest BCUT2D eigenvalue weighted by Gasteiger charge is -2.30. The van der Waals surface area contributed by atoms with Gasteiger partial charge in [-0.3, -0.25) is 0 Å². The Bertz CT molecular complexity index is 1060. The Morgan fingerprint density at radius 1 is 1.06 bits per heavy atom. The number of para-hydroxylation sites is 1. The minimum atomic E-state index is 0.199. The molecule has 2 aromatic carbocycles. The smallest absolute Gasteiger partial charge is 0.161 e. The van der Waals surface area contributed by atoms with Crippen LogP contribution < -0.4 is 20.3 Å². The third-order valence-corrected chi connectivity index (χ3v) is 6.46. The third-order valence-electron chi connectivity index (χ3n) is 6.46. The van der Waals surface area contributed by atoms with E-state index in [1.165, 1.54) is 23.9 Å². The molecule has 0 aliphatic heterocycles. The minimum absolute atomic E-state index is 0.199. The van der Waals surface area contributed by atoms with Crippen molar-refractivity contribution in [2.45, 2.75) is 45.2 Å². The van der Waals surface area contributed by atoms with Gasteiger partial charge in [-0.15, -0.1) is 0 Å². The van der Waals surface area contributed by atoms with Crippen molar-refractivity contribution < 1.29 is 9.84 Å². The van der Waals surface area contributed by atoms with Crippen LogP contribution in [0.5, 0.6) is 11.5 Å². The lowest BCUT2D eigenvalue weighted by molar-refractivity contribution is 0.316. The number of hydrogen-bond donors (Lipinski definition) is 3. The number of ether oxygens (including phenoxy) is 1. The quantitative estimate of drug-likeness (QED) is 0.420. The minimum Gasteiger partial charge on any atom is -0.504 e. The summed E-state index contributed by atoms with van der Waals surface area (Å²) in [5.74, 6) is 2.41. The number of pyridine rings is 1. The molecule has 1 fully saturated rings. The molecule has 3 aromatic rings. The Balaban J connectivity index is 1.27. The third kappa shape index (κ3) is 5.88. The van der Waals surface area contributed by atoms with Gasteiger partial charge in [0.2, 0.25) is 0 Å². The molecule has 1 aromatic heterocycles. The second kappa shape index (κ2) is 10.8. The summed E-state index contributed by atoms with van der Waals surface area (Å²) in [5.41, 5.74) is 3.36. The zero-order valence-electron chi connectivity index (χ0n) is 20.0. The van der Waals surface area contributed by atoms with E-state index in [2.05, 4.69) is 53.9 Å². The maximum Gasteiger partial charge on any atom is 0.161 e. The van der Waals surface area contributed by atoms with Crippen molar-refractivity contribution in [3.8, 4) is 11.5 Å². The number of hydrogen-bond acceptors (Lipinski definition) is 6. The van der Waals surface area contributed by atoms with Gasteiger partial charge in [-0.1, -0.05) is 24.3 Å². The van der Waals surface area contributed by atoms with Crippen molar-refractivity contribution in [3.05, 3.63) is 54.1 Å². The zero-order valence-corrected chi connectivity index (χ0v) is 20.0. The van der Waals surface area contributed by atoms with E-state index >= 15 is 0 Å². The van der Waals surface area contributed by atoms with Gasteiger partial charge in [0.25, 0.3) is 0 Å². The van der Waals surface area contributed by atoms with Crippen molar-refractivity contribution in [2.24, 2.45) is 5.92 Å². The molecule has 176 valence electrons. The van der Waals surface area contributed by atoms with Crippen molar-refractivity contribution in [2.75, 3.05) is 37.5 Å². The highest BCUT2D eigenvalue weighted by Gasteiger charge is 2.21. The van der Waals surface area contributed by atoms with E-state index in [9.17, 15) is 5.11 Å². The van der Waals surface area contributed by atoms with Crippen LogP contribution in [0.3, 0.4) is 0 Å². The summed E-state index contributed by atoms with van der Waals surface area (Å²) in [7, 11) is 4.17. The van der Waals surface area contributed by atoms with Gasteiger partial charge in [-0.25, -0.2) is 4.98 Å². The highest BCUT2D eigenvalue weighted by molar-refractivity contribution is 5.93. The molecule has 0 bridgehead atoms. The van der Waals surface area contributed by atoms with E-state index in [-0.39, 0.29) is 5.75 Å². The molecule has 0 spiro atoms. The molecular formula is C27H36N4O2. The molecule has 33 heavy (non-hydrogen) atoms. The molecule has 1 heterocycles. The van der Waals surface area contributed by atoms with E-state index in [1.807, 2.05) is 25.1 Å². The molecule has 6 nitrogen and oxygen atoms in total. The monoisotopic (exact) mass is 448 g/mol. The molecular weight excluding hydrogens is 412 g/mol. The highest BCUT2D eigenvalue weighted by atomic mass is 16.5. The summed E-state index contributed by atoms with van der Waals surface area (Å²) in [6.07, 6.45) is 4.73. The van der Waals surface area contributed by atoms with Crippen LogP contribution in [0.2, 0.25) is 0 Å². The Labute approximate surface area is 197 Å². The largest absolute Gasteiger partial charge is 0.504 e. The van der Waals surface area contributed by atoms with Gasteiger partial charge in [0.15, 0.2) is 11.5 Å². The lowest BCUT2D eigenvalue weighted by atomic mass is 9.86. The number of fused-ring (bicyclic) bond motifs is 1. The molecule has 0 unspecified atom stereocenters. The molecule has 3 N–H and O–H groups in total. The van der Waals surface area contributed by atoms with Crippen molar-refractivity contribution in [1.29, 1.82) is 0 Å². The van der Waals surface area contributed by atoms with Gasteiger partial charge in [-0.05, 0) is 68.8 Å². The van der Waals surface area contributed by atoms with Crippen LogP contribution in [0.25, 0.3) is 10.9 Å². The Kier molecular flexibility index (Phi) is 7.55. The molecule has 0 saturated heterocycles. The van der Waals surface area contributed by atoms with Crippen molar-refractivity contribution in [3.63, 3.8) is 0 Å². The van der Waals surface area contributed by atoms with Crippen molar-refractivity contribution >= 4 is 22.4 Å². The summed E-state index contributed by atoms with van der Waals surface area (Å²) in [5, 5.41) is 18.3. The summed E-state index contributed by atoms with van der Waals surface area (Å²) in [6.45, 7) is 4.27. The van der Waals surface area contributed by atoms with Gasteiger partial charge >= 0.3 is 0 Å². The maximum absolute atomic E-state index is 9.86. The number of aromatic nitrogens is 1. The van der Waals surface area contributed by atoms with Crippen LogP contribution in [-0.4, -0.2) is 43.4 Å². The van der Waals surface area contributed by atoms with E-state index in [4.69, 9.17) is 9.72 Å². The standard InChI is InChI=1S/C27H36N4O2/c1-4-33-26-15-20(11-14-25(26)32)18-28-17-19-9-12-21(13-10-19)29-27-16-24(31(2)3)22-7-5-6-8-23(22)30-27/h5-8,11,14-16,19,21,28,32H,4,9-10,12-13,17-18H2,1-3H3,(H,29,30). The van der Waals surface area contributed by atoms with Crippen LogP contribution in [0.1, 0.15) is 38.2 Å². The van der Waals surface area contributed by atoms with Crippen LogP contribution in [0.15, 0.2) is 48.5 Å². The summed E-state index contributed by atoms with van der Waals surface area (Å²) in [6, 6.07) is 16.6. The number of nitrogens with one attached hydrogen (secondary N) is 2. The maximum atomic E-state index is 9.86. The Morgan fingerprint density at radius 2 is 1.85 bits per heavy atom. The Hall–Kier alpha value is -2.99. The predicted molar refractivity (Wildman–Crippen MR) is 136 cm³/mol. The SMILES string of the molecule is CCOc1cc(CNCC2CCC(Nc3cc(N(C)C)c4ccccc4n3)CC2)ccc1O. The first-order valence-electron chi connectivity index (χ1n) is 12.0. The number of aromatic hydroxyl groups is 1. The molecule has 6 heteroatoms. The first-order chi connectivity index (χ1) is 16.0. The first-order valence-corrected chi connectivity index (χ1v) is 12.0. The van der Waals surface area contributed by atoms with Crippen LogP contribution in [0, 0.1) is 5.92 Å². The average molecular weight is 449 g/mol. The second-order valence-corrected chi connectivity index (χ2v) is 9.17. The predicted octanol–water partition coefficient (Wildman–Crippen LogP) is 5.17. The van der Waals surface area contributed by atoms with Gasteiger partial charge < -0.3 is 25.4 Å². The van der Waals surface area contributed by atoms with Gasteiger partial charge in [0.05, 0.1) is 12.1 Å². The average Bonchev–Trinajstić information content (AvgIpc) is 2.82. The summed E-state index contributed by atoms with van der Waals surface area (Å²) in [4.78, 5) is 7.02. The van der Waals surface area contributed by atoms with Crippen LogP contribution in [0.4, 0.5) is 11.5 Å². The van der Waals surface area contributed by atoms with Gasteiger partial charge in [-0.2, -0.15) is 0 Å². The molecule has 0 atom stereocenters. The normalized spacial score (nSPS) is 18.3. The number of anilines is 2. The highest BCUT2D eigenvalue weighted by Crippen LogP contribution is 2.31. The molecule has 0 radical (unpaired) electrons. The molecule has 0 amide bonds.